The number of piperidine rings is 1. The fourth-order valence-corrected chi connectivity index (χ4v) is 3.66. The third-order valence-electron chi connectivity index (χ3n) is 4.26. The topological polar surface area (TPSA) is 34.5 Å². The molecule has 1 saturated heterocycles. The summed E-state index contributed by atoms with van der Waals surface area (Å²) in [4.78, 5) is 13.2. The van der Waals surface area contributed by atoms with Crippen LogP contribution in [-0.2, 0) is 4.74 Å². The first-order chi connectivity index (χ1) is 11.6. The molecule has 1 aliphatic heterocycles. The van der Waals surface area contributed by atoms with Crippen LogP contribution in [0.25, 0.3) is 10.9 Å². The van der Waals surface area contributed by atoms with E-state index in [-0.39, 0.29) is 13.0 Å². The molecule has 0 N–H and O–H groups in total. The average molecular weight is 415 g/mol. The van der Waals surface area contributed by atoms with E-state index in [0.717, 1.165) is 20.3 Å². The molecule has 0 spiro atoms. The molecule has 0 bridgehead atoms. The number of amides is 1. The van der Waals surface area contributed by atoms with Crippen molar-refractivity contribution in [3.63, 3.8) is 0 Å². The third-order valence-corrected chi connectivity index (χ3v) is 4.95. The number of rotatable bonds is 1. The van der Waals surface area contributed by atoms with E-state index in [1.54, 1.807) is 31.5 Å². The molecular weight excluding hydrogens is 394 g/mol. The second-order valence-electron chi connectivity index (χ2n) is 7.36. The van der Waals surface area contributed by atoms with Crippen LogP contribution < -0.4 is 0 Å². The van der Waals surface area contributed by atoms with Crippen LogP contribution in [-0.4, -0.2) is 40.2 Å². The van der Waals surface area contributed by atoms with E-state index in [1.165, 1.54) is 0 Å². The lowest BCUT2D eigenvalue weighted by Gasteiger charge is -2.39. The van der Waals surface area contributed by atoms with Crippen molar-refractivity contribution >= 4 is 32.9 Å². The first kappa shape index (κ1) is 18.2. The molecule has 4 nitrogen and oxygen atoms in total. The molecule has 3 rings (SSSR count). The number of hydrogen-bond donors (Lipinski definition) is 0. The number of nitrogens with zero attached hydrogens (tertiary/aromatic N) is 2. The zero-order chi connectivity index (χ0) is 18.4. The van der Waals surface area contributed by atoms with Crippen molar-refractivity contribution in [3.8, 4) is 0 Å². The summed E-state index contributed by atoms with van der Waals surface area (Å²) in [6.07, 6.45) is 1.17. The molecule has 7 heteroatoms. The summed E-state index contributed by atoms with van der Waals surface area (Å²) >= 11 is 3.45. The number of alkyl halides is 2. The van der Waals surface area contributed by atoms with Crippen LogP contribution in [0.15, 0.2) is 34.9 Å². The van der Waals surface area contributed by atoms with E-state index < -0.39 is 30.2 Å². The smallest absolute Gasteiger partial charge is 0.410 e. The highest BCUT2D eigenvalue weighted by Gasteiger charge is 2.47. The number of carbonyl (C=O) groups excluding carboxylic acids is 1. The molecular formula is C18H21BrF2N2O2. The molecule has 1 unspecified atom stereocenters. The van der Waals surface area contributed by atoms with E-state index >= 15 is 0 Å². The number of aromatic nitrogens is 1. The van der Waals surface area contributed by atoms with Crippen molar-refractivity contribution in [2.24, 2.45) is 0 Å². The standard InChI is InChI=1S/C18H21BrF2N2O2/c1-17(2,3)25-16(24)22-9-8-15(18(20,21)11-22)23-10-7-12-13(19)5-4-6-14(12)23/h4-7,10,15H,8-9,11H2,1-3H3. The van der Waals surface area contributed by atoms with Gasteiger partial charge in [0.15, 0.2) is 0 Å². The Morgan fingerprint density at radius 1 is 1.32 bits per heavy atom. The Morgan fingerprint density at radius 2 is 2.04 bits per heavy atom. The molecule has 1 atom stereocenters. The lowest BCUT2D eigenvalue weighted by atomic mass is 10.0. The maximum Gasteiger partial charge on any atom is 0.410 e. The van der Waals surface area contributed by atoms with Crippen molar-refractivity contribution in [3.05, 3.63) is 34.9 Å². The van der Waals surface area contributed by atoms with Gasteiger partial charge in [0.05, 0.1) is 6.54 Å². The van der Waals surface area contributed by atoms with Crippen molar-refractivity contribution in [1.82, 2.24) is 9.47 Å². The lowest BCUT2D eigenvalue weighted by Crippen LogP contribution is -2.52. The summed E-state index contributed by atoms with van der Waals surface area (Å²) < 4.78 is 37.4. The van der Waals surface area contributed by atoms with Gasteiger partial charge in [0.25, 0.3) is 5.92 Å². The van der Waals surface area contributed by atoms with Crippen LogP contribution in [0.3, 0.4) is 0 Å². The first-order valence-corrected chi connectivity index (χ1v) is 8.98. The average Bonchev–Trinajstić information content (AvgIpc) is 2.89. The maximum absolute atomic E-state index is 14.8. The minimum atomic E-state index is -3.04. The number of fused-ring (bicyclic) bond motifs is 1. The van der Waals surface area contributed by atoms with Crippen molar-refractivity contribution in [1.29, 1.82) is 0 Å². The molecule has 1 amide bonds. The SMILES string of the molecule is CC(C)(C)OC(=O)N1CCC(n2ccc3c(Br)cccc32)C(F)(F)C1. The molecule has 25 heavy (non-hydrogen) atoms. The van der Waals surface area contributed by atoms with Crippen molar-refractivity contribution in [2.75, 3.05) is 13.1 Å². The molecule has 136 valence electrons. The number of halogens is 3. The number of benzene rings is 1. The monoisotopic (exact) mass is 414 g/mol. The molecule has 0 radical (unpaired) electrons. The summed E-state index contributed by atoms with van der Waals surface area (Å²) in [5.74, 6) is -3.04. The van der Waals surface area contributed by atoms with Crippen LogP contribution in [0.5, 0.6) is 0 Å². The zero-order valence-electron chi connectivity index (χ0n) is 14.4. The van der Waals surface area contributed by atoms with Gasteiger partial charge in [-0.05, 0) is 45.4 Å². The molecule has 0 aliphatic carbocycles. The fourth-order valence-electron chi connectivity index (χ4n) is 3.18. The quantitative estimate of drug-likeness (QED) is 0.640. The Bertz CT molecular complexity index is 798. The fraction of sp³-hybridized carbons (Fsp3) is 0.500. The van der Waals surface area contributed by atoms with E-state index in [4.69, 9.17) is 4.74 Å². The summed E-state index contributed by atoms with van der Waals surface area (Å²) in [6.45, 7) is 4.77. The van der Waals surface area contributed by atoms with Gasteiger partial charge in [-0.3, -0.25) is 0 Å². The minimum absolute atomic E-state index is 0.169. The number of ether oxygens (including phenoxy) is 1. The van der Waals surface area contributed by atoms with Crippen molar-refractivity contribution in [2.45, 2.75) is 44.8 Å². The van der Waals surface area contributed by atoms with E-state index in [9.17, 15) is 13.6 Å². The van der Waals surface area contributed by atoms with Crippen LogP contribution in [0, 0.1) is 0 Å². The molecule has 0 saturated carbocycles. The van der Waals surface area contributed by atoms with Crippen LogP contribution in [0.2, 0.25) is 0 Å². The molecule has 2 aromatic rings. The minimum Gasteiger partial charge on any atom is -0.444 e. The predicted octanol–water partition coefficient (Wildman–Crippen LogP) is 5.22. The molecule has 1 aromatic carbocycles. The summed E-state index contributed by atoms with van der Waals surface area (Å²) in [6, 6.07) is 6.39. The number of hydrogen-bond acceptors (Lipinski definition) is 2. The maximum atomic E-state index is 14.8. The second-order valence-corrected chi connectivity index (χ2v) is 8.22. The zero-order valence-corrected chi connectivity index (χ0v) is 16.0. The van der Waals surface area contributed by atoms with Gasteiger partial charge in [-0.1, -0.05) is 22.0 Å². The lowest BCUT2D eigenvalue weighted by molar-refractivity contribution is -0.102. The molecule has 1 aliphatic rings. The highest BCUT2D eigenvalue weighted by Crippen LogP contribution is 2.40. The Labute approximate surface area is 153 Å². The van der Waals surface area contributed by atoms with E-state index in [0.29, 0.717) is 0 Å². The number of likely N-dealkylation sites (tertiary alicyclic amines) is 1. The predicted molar refractivity (Wildman–Crippen MR) is 96.0 cm³/mol. The van der Waals surface area contributed by atoms with Crippen molar-refractivity contribution < 1.29 is 18.3 Å². The normalized spacial score (nSPS) is 20.7. The summed E-state index contributed by atoms with van der Waals surface area (Å²) in [5.41, 5.74) is 0.0522. The van der Waals surface area contributed by atoms with Gasteiger partial charge in [0.2, 0.25) is 0 Å². The van der Waals surface area contributed by atoms with Gasteiger partial charge in [-0.25, -0.2) is 13.6 Å². The van der Waals surface area contributed by atoms with Crippen LogP contribution in [0.1, 0.15) is 33.2 Å². The summed E-state index contributed by atoms with van der Waals surface area (Å²) in [7, 11) is 0. The van der Waals surface area contributed by atoms with Crippen LogP contribution in [0.4, 0.5) is 13.6 Å². The number of carbonyl (C=O) groups is 1. The Morgan fingerprint density at radius 3 is 2.68 bits per heavy atom. The molecule has 1 fully saturated rings. The first-order valence-electron chi connectivity index (χ1n) is 8.19. The Kier molecular flexibility index (Phi) is 4.56. The van der Waals surface area contributed by atoms with Gasteiger partial charge < -0.3 is 14.2 Å². The Hall–Kier alpha value is -1.63. The molecule has 1 aromatic heterocycles. The Balaban J connectivity index is 1.84. The highest BCUT2D eigenvalue weighted by molar-refractivity contribution is 9.10. The van der Waals surface area contributed by atoms with Gasteiger partial charge in [0, 0.05) is 28.1 Å². The van der Waals surface area contributed by atoms with Gasteiger partial charge in [0.1, 0.15) is 11.6 Å². The summed E-state index contributed by atoms with van der Waals surface area (Å²) in [5, 5.41) is 0.896. The largest absolute Gasteiger partial charge is 0.444 e. The molecule has 2 heterocycles. The van der Waals surface area contributed by atoms with E-state index in [2.05, 4.69) is 15.9 Å². The van der Waals surface area contributed by atoms with Crippen LogP contribution >= 0.6 is 15.9 Å². The van der Waals surface area contributed by atoms with Gasteiger partial charge >= 0.3 is 6.09 Å². The van der Waals surface area contributed by atoms with E-state index in [1.807, 2.05) is 24.3 Å². The third kappa shape index (κ3) is 3.66. The van der Waals surface area contributed by atoms with Gasteiger partial charge in [-0.15, -0.1) is 0 Å². The highest BCUT2D eigenvalue weighted by atomic mass is 79.9. The second kappa shape index (κ2) is 6.27. The van der Waals surface area contributed by atoms with Gasteiger partial charge in [-0.2, -0.15) is 0 Å².